The van der Waals surface area contributed by atoms with Gasteiger partial charge in [-0.15, -0.1) is 0 Å². The Hall–Kier alpha value is -3.08. The number of carbonyl (C=O) groups is 1. The number of anilines is 1. The second-order valence-corrected chi connectivity index (χ2v) is 8.57. The predicted octanol–water partition coefficient (Wildman–Crippen LogP) is 3.69. The van der Waals surface area contributed by atoms with E-state index >= 15 is 0 Å². The first-order valence-corrected chi connectivity index (χ1v) is 11.0. The number of hydrogen-bond acceptors (Lipinski definition) is 6. The van der Waals surface area contributed by atoms with Crippen LogP contribution in [0.3, 0.4) is 0 Å². The number of thioether (sulfide) groups is 1. The van der Waals surface area contributed by atoms with Crippen molar-refractivity contribution in [3.63, 3.8) is 0 Å². The molecule has 3 aromatic rings. The normalized spacial score (nSPS) is 11.5. The number of aromatic hydroxyl groups is 1. The Morgan fingerprint density at radius 3 is 2.42 bits per heavy atom. The van der Waals surface area contributed by atoms with Crippen LogP contribution in [0.2, 0.25) is 10.0 Å². The molecule has 1 heterocycles. The molecule has 0 unspecified atom stereocenters. The molecule has 1 aromatic heterocycles. The highest BCUT2D eigenvalue weighted by Crippen LogP contribution is 2.27. The average Bonchev–Trinajstić information content (AvgIpc) is 2.78. The molecule has 0 bridgehead atoms. The molecule has 0 aliphatic rings. The van der Waals surface area contributed by atoms with E-state index in [1.165, 1.54) is 50.5 Å². The Labute approximate surface area is 201 Å². The molecule has 33 heavy (non-hydrogen) atoms. The van der Waals surface area contributed by atoms with Crippen LogP contribution in [0.4, 0.5) is 15.8 Å². The summed E-state index contributed by atoms with van der Waals surface area (Å²) in [5.41, 5.74) is -1.20. The second kappa shape index (κ2) is 10.2. The highest BCUT2D eigenvalue weighted by molar-refractivity contribution is 8.15. The minimum absolute atomic E-state index is 0.0346. The van der Waals surface area contributed by atoms with Crippen LogP contribution in [0, 0.1) is 5.82 Å². The molecule has 0 spiro atoms. The van der Waals surface area contributed by atoms with Crippen LogP contribution in [-0.4, -0.2) is 30.9 Å². The van der Waals surface area contributed by atoms with E-state index in [2.05, 4.69) is 10.3 Å². The van der Waals surface area contributed by atoms with Gasteiger partial charge in [-0.3, -0.25) is 18.7 Å². The summed E-state index contributed by atoms with van der Waals surface area (Å²) >= 11 is 12.8. The summed E-state index contributed by atoms with van der Waals surface area (Å²) in [5, 5.41) is 13.7. The monoisotopic (exact) mass is 510 g/mol. The molecule has 0 radical (unpaired) electrons. The van der Waals surface area contributed by atoms with Gasteiger partial charge < -0.3 is 10.4 Å². The molecule has 0 fully saturated rings. The van der Waals surface area contributed by atoms with Crippen LogP contribution in [0.1, 0.15) is 5.56 Å². The van der Waals surface area contributed by atoms with Crippen LogP contribution in [0.25, 0.3) is 0 Å². The number of halogens is 3. The number of amides is 1. The van der Waals surface area contributed by atoms with Crippen LogP contribution >= 0.6 is 35.0 Å². The van der Waals surface area contributed by atoms with Crippen molar-refractivity contribution in [3.05, 3.63) is 84.7 Å². The van der Waals surface area contributed by atoms with E-state index in [1.807, 2.05) is 0 Å². The number of nitrogens with one attached hydrogen (secondary N) is 1. The van der Waals surface area contributed by atoms with E-state index in [0.717, 1.165) is 20.9 Å². The summed E-state index contributed by atoms with van der Waals surface area (Å²) in [6.07, 6.45) is 0. The molecule has 0 aliphatic heterocycles. The Morgan fingerprint density at radius 2 is 1.79 bits per heavy atom. The van der Waals surface area contributed by atoms with Crippen molar-refractivity contribution in [1.29, 1.82) is 0 Å². The van der Waals surface area contributed by atoms with Gasteiger partial charge in [-0.05, 0) is 42.5 Å². The summed E-state index contributed by atoms with van der Waals surface area (Å²) in [4.78, 5) is 41.7. The maximum absolute atomic E-state index is 13.3. The Morgan fingerprint density at radius 1 is 1.12 bits per heavy atom. The highest BCUT2D eigenvalue weighted by Gasteiger charge is 2.22. The molecular weight excluding hydrogens is 494 g/mol. The summed E-state index contributed by atoms with van der Waals surface area (Å²) < 4.78 is 15.0. The topological polar surface area (TPSA) is 106 Å². The van der Waals surface area contributed by atoms with Gasteiger partial charge in [0.1, 0.15) is 16.4 Å². The van der Waals surface area contributed by atoms with E-state index in [0.29, 0.717) is 10.7 Å². The molecule has 172 valence electrons. The van der Waals surface area contributed by atoms with Gasteiger partial charge in [0, 0.05) is 19.1 Å². The Bertz CT molecular complexity index is 1370. The number of nitrogens with zero attached hydrogens (tertiary/aromatic N) is 3. The van der Waals surface area contributed by atoms with Gasteiger partial charge >= 0.3 is 5.69 Å². The Kier molecular flexibility index (Phi) is 7.62. The SMILES string of the molecule is Cn1c(O)c(C(=Nc2ccc(F)cc2)SCC(=O)Nc2ccc(Cl)cc2Cl)c(=O)n(C)c1=O. The molecule has 1 amide bonds. The fraction of sp³-hybridized carbons (Fsp3) is 0.143. The number of rotatable bonds is 5. The first-order chi connectivity index (χ1) is 15.6. The van der Waals surface area contributed by atoms with Gasteiger partial charge in [-0.2, -0.15) is 0 Å². The van der Waals surface area contributed by atoms with Crippen LogP contribution < -0.4 is 16.6 Å². The van der Waals surface area contributed by atoms with Gasteiger partial charge in [0.05, 0.1) is 22.2 Å². The van der Waals surface area contributed by atoms with E-state index in [1.54, 1.807) is 6.07 Å². The van der Waals surface area contributed by atoms with Crippen molar-refractivity contribution in [2.24, 2.45) is 19.1 Å². The van der Waals surface area contributed by atoms with E-state index in [-0.39, 0.29) is 27.1 Å². The number of carbonyl (C=O) groups excluding carboxylic acids is 1. The van der Waals surface area contributed by atoms with Crippen molar-refractivity contribution in [2.75, 3.05) is 11.1 Å². The molecule has 3 rings (SSSR count). The van der Waals surface area contributed by atoms with E-state index < -0.39 is 28.9 Å². The molecule has 0 atom stereocenters. The van der Waals surface area contributed by atoms with Crippen molar-refractivity contribution >= 4 is 57.3 Å². The minimum Gasteiger partial charge on any atom is -0.494 e. The van der Waals surface area contributed by atoms with Gasteiger partial charge in [0.2, 0.25) is 11.8 Å². The molecule has 2 N–H and O–H groups in total. The zero-order chi connectivity index (χ0) is 24.3. The standard InChI is InChI=1S/C21H17Cl2FN4O4S/c1-27-19(30)17(20(31)28(2)21(27)32)18(25-13-6-4-12(24)5-7-13)33-10-16(29)26-15-8-3-11(22)9-14(15)23/h3-9,30H,10H2,1-2H3,(H,26,29). The molecular formula is C21H17Cl2FN4O4S. The lowest BCUT2D eigenvalue weighted by atomic mass is 10.3. The minimum atomic E-state index is -0.801. The fourth-order valence-corrected chi connectivity index (χ4v) is 4.01. The fourth-order valence-electron chi connectivity index (χ4n) is 2.72. The first-order valence-electron chi connectivity index (χ1n) is 9.29. The van der Waals surface area contributed by atoms with Crippen molar-refractivity contribution in [3.8, 4) is 5.88 Å². The summed E-state index contributed by atoms with van der Waals surface area (Å²) in [6.45, 7) is 0. The lowest BCUT2D eigenvalue weighted by Gasteiger charge is -2.13. The zero-order valence-corrected chi connectivity index (χ0v) is 19.6. The third kappa shape index (κ3) is 5.65. The average molecular weight is 511 g/mol. The van der Waals surface area contributed by atoms with Gasteiger partial charge in [-0.1, -0.05) is 35.0 Å². The van der Waals surface area contributed by atoms with Gasteiger partial charge in [0.25, 0.3) is 5.56 Å². The van der Waals surface area contributed by atoms with E-state index in [9.17, 15) is 23.9 Å². The van der Waals surface area contributed by atoms with Crippen molar-refractivity contribution in [2.45, 2.75) is 0 Å². The lowest BCUT2D eigenvalue weighted by Crippen LogP contribution is -2.39. The summed E-state index contributed by atoms with van der Waals surface area (Å²) in [7, 11) is 2.54. The van der Waals surface area contributed by atoms with Crippen molar-refractivity contribution in [1.82, 2.24) is 9.13 Å². The first kappa shape index (κ1) is 24.6. The molecule has 0 saturated heterocycles. The van der Waals surface area contributed by atoms with Crippen LogP contribution in [0.15, 0.2) is 57.0 Å². The molecule has 0 saturated carbocycles. The zero-order valence-electron chi connectivity index (χ0n) is 17.3. The number of aromatic nitrogens is 2. The van der Waals surface area contributed by atoms with Crippen LogP contribution in [-0.2, 0) is 18.9 Å². The largest absolute Gasteiger partial charge is 0.494 e. The summed E-state index contributed by atoms with van der Waals surface area (Å²) in [5.74, 6) is -1.79. The quantitative estimate of drug-likeness (QED) is 0.402. The van der Waals surface area contributed by atoms with E-state index in [4.69, 9.17) is 23.2 Å². The van der Waals surface area contributed by atoms with Gasteiger partial charge in [0.15, 0.2) is 0 Å². The maximum atomic E-state index is 13.3. The maximum Gasteiger partial charge on any atom is 0.333 e. The van der Waals surface area contributed by atoms with Gasteiger partial charge in [-0.25, -0.2) is 14.2 Å². The third-order valence-corrected chi connectivity index (χ3v) is 5.97. The predicted molar refractivity (Wildman–Crippen MR) is 129 cm³/mol. The lowest BCUT2D eigenvalue weighted by molar-refractivity contribution is -0.113. The summed E-state index contributed by atoms with van der Waals surface area (Å²) in [6, 6.07) is 9.66. The van der Waals surface area contributed by atoms with Crippen molar-refractivity contribution < 1.29 is 14.3 Å². The van der Waals surface area contributed by atoms with Crippen LogP contribution in [0.5, 0.6) is 5.88 Å². The smallest absolute Gasteiger partial charge is 0.333 e. The number of aliphatic imine (C=N–C) groups is 1. The highest BCUT2D eigenvalue weighted by atomic mass is 35.5. The molecule has 2 aromatic carbocycles. The molecule has 12 heteroatoms. The number of hydrogen-bond donors (Lipinski definition) is 2. The Balaban J connectivity index is 1.97. The molecule has 8 nitrogen and oxygen atoms in total. The number of benzene rings is 2. The second-order valence-electron chi connectivity index (χ2n) is 6.76. The third-order valence-electron chi connectivity index (χ3n) is 4.45. The molecule has 0 aliphatic carbocycles.